The topological polar surface area (TPSA) is 44.8 Å². The van der Waals surface area contributed by atoms with Crippen LogP contribution in [0.5, 0.6) is 17.2 Å². The van der Waals surface area contributed by atoms with Crippen LogP contribution in [0.4, 0.5) is 0 Å². The number of allylic oxidation sites excluding steroid dienone is 5. The van der Waals surface area contributed by atoms with Gasteiger partial charge in [0.25, 0.3) is 0 Å². The number of aldehydes is 1. The third kappa shape index (κ3) is 7.29. The number of carbonyl (C=O) groups excluding carboxylic acids is 1. The zero-order valence-corrected chi connectivity index (χ0v) is 15.6. The lowest BCUT2D eigenvalue weighted by atomic mass is 10.1. The largest absolute Gasteiger partial charge is 0.493 e. The summed E-state index contributed by atoms with van der Waals surface area (Å²) >= 11 is 0. The molecule has 1 rings (SSSR count). The normalized spacial score (nSPS) is 11.9. The van der Waals surface area contributed by atoms with Gasteiger partial charge in [0.15, 0.2) is 11.5 Å². The minimum Gasteiger partial charge on any atom is -0.493 e. The van der Waals surface area contributed by atoms with Crippen LogP contribution in [0.2, 0.25) is 0 Å². The number of hydrogen-bond acceptors (Lipinski definition) is 4. The molecule has 25 heavy (non-hydrogen) atoms. The number of benzene rings is 1. The summed E-state index contributed by atoms with van der Waals surface area (Å²) in [6.45, 7) is 2.04. The first-order chi connectivity index (χ1) is 12.2. The van der Waals surface area contributed by atoms with Crippen LogP contribution in [-0.4, -0.2) is 27.6 Å². The molecular formula is C21H28O4. The maximum Gasteiger partial charge on any atom is 0.203 e. The molecule has 136 valence electrons. The van der Waals surface area contributed by atoms with Crippen molar-refractivity contribution in [2.24, 2.45) is 0 Å². The maximum absolute atomic E-state index is 10.3. The highest BCUT2D eigenvalue weighted by molar-refractivity contribution is 5.62. The van der Waals surface area contributed by atoms with E-state index >= 15 is 0 Å². The Morgan fingerprint density at radius 1 is 0.960 bits per heavy atom. The Balaban J connectivity index is 2.58. The van der Waals surface area contributed by atoms with Crippen molar-refractivity contribution in [1.29, 1.82) is 0 Å². The van der Waals surface area contributed by atoms with Crippen molar-refractivity contribution < 1.29 is 19.0 Å². The molecule has 0 atom stereocenters. The third-order valence-corrected chi connectivity index (χ3v) is 3.67. The van der Waals surface area contributed by atoms with E-state index in [0.29, 0.717) is 23.7 Å². The van der Waals surface area contributed by atoms with Crippen molar-refractivity contribution in [2.45, 2.75) is 32.6 Å². The predicted molar refractivity (Wildman–Crippen MR) is 103 cm³/mol. The lowest BCUT2D eigenvalue weighted by Crippen LogP contribution is -1.95. The van der Waals surface area contributed by atoms with Gasteiger partial charge < -0.3 is 19.0 Å². The van der Waals surface area contributed by atoms with Crippen molar-refractivity contribution in [1.82, 2.24) is 0 Å². The van der Waals surface area contributed by atoms with Gasteiger partial charge in [0.1, 0.15) is 6.29 Å². The molecule has 0 amide bonds. The first kappa shape index (κ1) is 20.6. The molecule has 0 aliphatic rings. The molecule has 0 unspecified atom stereocenters. The van der Waals surface area contributed by atoms with Gasteiger partial charge in [-0.1, -0.05) is 36.0 Å². The number of ether oxygens (including phenoxy) is 3. The second kappa shape index (κ2) is 12.0. The smallest absolute Gasteiger partial charge is 0.203 e. The van der Waals surface area contributed by atoms with E-state index in [0.717, 1.165) is 31.1 Å². The number of unbranched alkanes of at least 4 members (excludes halogenated alkanes) is 1. The lowest BCUT2D eigenvalue weighted by Gasteiger charge is -2.12. The summed E-state index contributed by atoms with van der Waals surface area (Å²) in [4.78, 5) is 10.3. The van der Waals surface area contributed by atoms with Crippen molar-refractivity contribution in [3.05, 3.63) is 47.6 Å². The molecule has 0 saturated carbocycles. The van der Waals surface area contributed by atoms with Gasteiger partial charge in [-0.2, -0.15) is 0 Å². The summed E-state index contributed by atoms with van der Waals surface area (Å²) in [5.74, 6) is 1.90. The fourth-order valence-corrected chi connectivity index (χ4v) is 2.31. The Morgan fingerprint density at radius 3 is 2.16 bits per heavy atom. The molecule has 1 aromatic carbocycles. The Kier molecular flexibility index (Phi) is 9.83. The Morgan fingerprint density at radius 2 is 1.60 bits per heavy atom. The first-order valence-electron chi connectivity index (χ1n) is 8.38. The Bertz CT molecular complexity index is 602. The molecular weight excluding hydrogens is 316 g/mol. The maximum atomic E-state index is 10.3. The van der Waals surface area contributed by atoms with E-state index in [-0.39, 0.29) is 0 Å². The van der Waals surface area contributed by atoms with E-state index in [1.807, 2.05) is 31.2 Å². The van der Waals surface area contributed by atoms with E-state index in [1.165, 1.54) is 5.57 Å². The van der Waals surface area contributed by atoms with Crippen molar-refractivity contribution in [3.8, 4) is 17.2 Å². The lowest BCUT2D eigenvalue weighted by molar-refractivity contribution is -0.107. The van der Waals surface area contributed by atoms with E-state index in [2.05, 4.69) is 18.2 Å². The van der Waals surface area contributed by atoms with Crippen LogP contribution < -0.4 is 14.2 Å². The monoisotopic (exact) mass is 344 g/mol. The minimum absolute atomic E-state index is 0.591. The molecule has 0 aromatic heterocycles. The summed E-state index contributed by atoms with van der Waals surface area (Å²) < 4.78 is 16.0. The van der Waals surface area contributed by atoms with Crippen LogP contribution in [0.15, 0.2) is 42.0 Å². The van der Waals surface area contributed by atoms with E-state index in [9.17, 15) is 4.79 Å². The fourth-order valence-electron chi connectivity index (χ4n) is 2.31. The van der Waals surface area contributed by atoms with Gasteiger partial charge in [-0.15, -0.1) is 0 Å². The summed E-state index contributed by atoms with van der Waals surface area (Å²) in [6, 6.07) is 3.85. The standard InChI is InChI=1S/C21H28O4/c1-17(12-10-14-22)11-8-6-5-7-9-13-18-15-19(23-2)21(25-4)20(16-18)24-3/h6,8-9,11,13-16H,5,7,10,12H2,1-4H3/b8-6?,13-9-,17-11?. The molecule has 0 aliphatic carbocycles. The molecule has 0 heterocycles. The third-order valence-electron chi connectivity index (χ3n) is 3.67. The molecule has 0 fully saturated rings. The van der Waals surface area contributed by atoms with Gasteiger partial charge in [-0.3, -0.25) is 0 Å². The Hall–Kier alpha value is -2.49. The number of rotatable bonds is 11. The number of hydrogen-bond donors (Lipinski definition) is 0. The van der Waals surface area contributed by atoms with Gasteiger partial charge in [0.2, 0.25) is 5.75 Å². The SMILES string of the molecule is COc1cc(/C=C\CCC=CC=C(C)CCC=O)cc(OC)c1OC. The fraction of sp³-hybridized carbons (Fsp3) is 0.381. The highest BCUT2D eigenvalue weighted by atomic mass is 16.5. The molecule has 0 saturated heterocycles. The molecule has 0 spiro atoms. The Labute approximate surface area is 150 Å². The average molecular weight is 344 g/mol. The average Bonchev–Trinajstić information content (AvgIpc) is 2.64. The van der Waals surface area contributed by atoms with Crippen LogP contribution in [0.1, 0.15) is 38.2 Å². The minimum atomic E-state index is 0.591. The van der Waals surface area contributed by atoms with Gasteiger partial charge in [0, 0.05) is 6.42 Å². The van der Waals surface area contributed by atoms with Gasteiger partial charge in [0.05, 0.1) is 21.3 Å². The molecule has 0 N–H and O–H groups in total. The summed E-state index contributed by atoms with van der Waals surface area (Å²) in [6.07, 6.45) is 14.7. The molecule has 4 nitrogen and oxygen atoms in total. The first-order valence-corrected chi connectivity index (χ1v) is 8.38. The molecule has 1 aromatic rings. The van der Waals surface area contributed by atoms with Crippen LogP contribution in [0, 0.1) is 0 Å². The van der Waals surface area contributed by atoms with Crippen LogP contribution in [0.3, 0.4) is 0 Å². The molecule has 0 aliphatic heterocycles. The highest BCUT2D eigenvalue weighted by Gasteiger charge is 2.11. The van der Waals surface area contributed by atoms with Gasteiger partial charge >= 0.3 is 0 Å². The molecule has 4 heteroatoms. The summed E-state index contributed by atoms with van der Waals surface area (Å²) in [5, 5.41) is 0. The second-order valence-corrected chi connectivity index (χ2v) is 5.58. The number of carbonyl (C=O) groups is 1. The highest BCUT2D eigenvalue weighted by Crippen LogP contribution is 2.38. The van der Waals surface area contributed by atoms with Crippen LogP contribution >= 0.6 is 0 Å². The summed E-state index contributed by atoms with van der Waals surface area (Å²) in [7, 11) is 4.82. The van der Waals surface area contributed by atoms with Crippen LogP contribution in [-0.2, 0) is 4.79 Å². The van der Waals surface area contributed by atoms with E-state index in [4.69, 9.17) is 14.2 Å². The van der Waals surface area contributed by atoms with Crippen molar-refractivity contribution in [2.75, 3.05) is 21.3 Å². The predicted octanol–water partition coefficient (Wildman–Crippen LogP) is 4.99. The van der Waals surface area contributed by atoms with E-state index in [1.54, 1.807) is 21.3 Å². The number of methoxy groups -OCH3 is 3. The van der Waals surface area contributed by atoms with Gasteiger partial charge in [-0.25, -0.2) is 0 Å². The second-order valence-electron chi connectivity index (χ2n) is 5.58. The van der Waals surface area contributed by atoms with Crippen molar-refractivity contribution >= 4 is 12.4 Å². The molecule has 0 radical (unpaired) electrons. The molecule has 0 bridgehead atoms. The quantitative estimate of drug-likeness (QED) is 0.322. The van der Waals surface area contributed by atoms with Crippen molar-refractivity contribution in [3.63, 3.8) is 0 Å². The van der Waals surface area contributed by atoms with Gasteiger partial charge in [-0.05, 0) is 43.9 Å². The zero-order valence-electron chi connectivity index (χ0n) is 15.6. The summed E-state index contributed by atoms with van der Waals surface area (Å²) in [5.41, 5.74) is 2.22. The van der Waals surface area contributed by atoms with Crippen LogP contribution in [0.25, 0.3) is 6.08 Å². The zero-order chi connectivity index (χ0) is 18.5. The van der Waals surface area contributed by atoms with E-state index < -0.39 is 0 Å².